The smallest absolute Gasteiger partial charge is 0.244 e. The highest BCUT2D eigenvalue weighted by Crippen LogP contribution is 2.39. The maximum Gasteiger partial charge on any atom is 0.244 e. The van der Waals surface area contributed by atoms with E-state index in [-0.39, 0.29) is 22.9 Å². The lowest BCUT2D eigenvalue weighted by atomic mass is 10.1. The van der Waals surface area contributed by atoms with Gasteiger partial charge in [-0.25, -0.2) is 8.42 Å². The van der Waals surface area contributed by atoms with Crippen molar-refractivity contribution in [2.75, 3.05) is 29.4 Å². The average Bonchev–Trinajstić information content (AvgIpc) is 3.02. The zero-order chi connectivity index (χ0) is 22.5. The van der Waals surface area contributed by atoms with Crippen LogP contribution in [-0.4, -0.2) is 50.3 Å². The number of aryl methyl sites for hydroxylation is 1. The van der Waals surface area contributed by atoms with Crippen LogP contribution in [-0.2, 0) is 21.2 Å². The monoisotopic (exact) mass is 505 g/mol. The molecule has 2 aromatic carbocycles. The fourth-order valence-corrected chi connectivity index (χ4v) is 7.28. The van der Waals surface area contributed by atoms with E-state index in [4.69, 9.17) is 0 Å². The third-order valence-electron chi connectivity index (χ3n) is 6.26. The fraction of sp³-hybridized carbons (Fsp3) is 0.435. The molecule has 166 valence electrons. The van der Waals surface area contributed by atoms with Crippen molar-refractivity contribution in [3.63, 3.8) is 0 Å². The van der Waals surface area contributed by atoms with Crippen LogP contribution < -0.4 is 9.80 Å². The predicted octanol–water partition coefficient (Wildman–Crippen LogP) is 3.95. The molecular formula is C23H28BrN3O3S. The van der Waals surface area contributed by atoms with Gasteiger partial charge in [-0.05, 0) is 73.0 Å². The van der Waals surface area contributed by atoms with Gasteiger partial charge in [0.15, 0.2) is 0 Å². The van der Waals surface area contributed by atoms with E-state index < -0.39 is 10.0 Å². The van der Waals surface area contributed by atoms with Crippen molar-refractivity contribution in [3.8, 4) is 0 Å². The molecule has 0 N–H and O–H groups in total. The van der Waals surface area contributed by atoms with Gasteiger partial charge in [0.1, 0.15) is 0 Å². The first-order valence-corrected chi connectivity index (χ1v) is 12.8. The Labute approximate surface area is 193 Å². The summed E-state index contributed by atoms with van der Waals surface area (Å²) < 4.78 is 29.3. The van der Waals surface area contributed by atoms with Gasteiger partial charge < -0.3 is 9.80 Å². The first-order chi connectivity index (χ1) is 14.6. The molecular weight excluding hydrogens is 478 g/mol. The number of hydrogen-bond donors (Lipinski definition) is 0. The molecule has 6 nitrogen and oxygen atoms in total. The molecule has 0 unspecified atom stereocenters. The quantitative estimate of drug-likeness (QED) is 0.633. The molecule has 0 aromatic heterocycles. The van der Waals surface area contributed by atoms with Gasteiger partial charge in [0.2, 0.25) is 15.9 Å². The number of piperazine rings is 1. The minimum absolute atomic E-state index is 0.0235. The Kier molecular flexibility index (Phi) is 5.91. The van der Waals surface area contributed by atoms with Gasteiger partial charge in [0.25, 0.3) is 0 Å². The predicted molar refractivity (Wildman–Crippen MR) is 127 cm³/mol. The van der Waals surface area contributed by atoms with E-state index in [1.807, 2.05) is 13.0 Å². The summed E-state index contributed by atoms with van der Waals surface area (Å²) in [6.07, 6.45) is 0.722. The number of carbonyl (C=O) groups is 1. The van der Waals surface area contributed by atoms with Crippen LogP contribution in [0.4, 0.5) is 11.4 Å². The van der Waals surface area contributed by atoms with Gasteiger partial charge in [0, 0.05) is 54.5 Å². The van der Waals surface area contributed by atoms with E-state index >= 15 is 0 Å². The maximum absolute atomic E-state index is 13.6. The van der Waals surface area contributed by atoms with Crippen LogP contribution in [0, 0.1) is 6.92 Å². The Balaban J connectivity index is 1.61. The molecule has 2 aliphatic heterocycles. The second kappa shape index (κ2) is 8.22. The molecule has 8 heteroatoms. The van der Waals surface area contributed by atoms with E-state index in [2.05, 4.69) is 58.9 Å². The van der Waals surface area contributed by atoms with Crippen LogP contribution in [0.3, 0.4) is 0 Å². The van der Waals surface area contributed by atoms with Crippen molar-refractivity contribution in [2.45, 2.75) is 51.1 Å². The third-order valence-corrected chi connectivity index (χ3v) is 9.09. The summed E-state index contributed by atoms with van der Waals surface area (Å²) in [5.41, 5.74) is 4.01. The summed E-state index contributed by atoms with van der Waals surface area (Å²) in [4.78, 5) is 16.3. The number of halogens is 1. The van der Waals surface area contributed by atoms with Crippen LogP contribution in [0.1, 0.15) is 31.9 Å². The second-order valence-electron chi connectivity index (χ2n) is 8.59. The van der Waals surface area contributed by atoms with E-state index in [1.54, 1.807) is 15.3 Å². The molecule has 0 radical (unpaired) electrons. The van der Waals surface area contributed by atoms with E-state index in [9.17, 15) is 13.2 Å². The lowest BCUT2D eigenvalue weighted by Gasteiger charge is -2.40. The summed E-state index contributed by atoms with van der Waals surface area (Å²) in [5, 5.41) is 0. The molecule has 2 aliphatic rings. The summed E-state index contributed by atoms with van der Waals surface area (Å²) >= 11 is 3.48. The normalized spacial score (nSPS) is 22.0. The zero-order valence-corrected chi connectivity index (χ0v) is 20.7. The number of amides is 1. The van der Waals surface area contributed by atoms with Crippen LogP contribution in [0.25, 0.3) is 0 Å². The second-order valence-corrected chi connectivity index (χ2v) is 11.4. The molecule has 2 aromatic rings. The van der Waals surface area contributed by atoms with Crippen LogP contribution in [0.2, 0.25) is 0 Å². The standard InChI is InChI=1S/C23H28BrN3O3S/c1-15-5-7-20(8-6-15)26-10-9-25(14-17(26)3)31(29,30)23-13-22-19(12-21(23)24)11-16(2)27(22)18(4)28/h5-8,12-13,16-17H,9-11,14H2,1-4H3/t16-,17-/m1/s1. The largest absolute Gasteiger partial charge is 0.366 e. The van der Waals surface area contributed by atoms with Gasteiger partial charge in [-0.3, -0.25) is 4.79 Å². The van der Waals surface area contributed by atoms with Crippen molar-refractivity contribution in [1.29, 1.82) is 0 Å². The molecule has 0 aliphatic carbocycles. The Bertz CT molecular complexity index is 1120. The Morgan fingerprint density at radius 3 is 2.35 bits per heavy atom. The Morgan fingerprint density at radius 2 is 1.74 bits per heavy atom. The van der Waals surface area contributed by atoms with E-state index in [1.165, 1.54) is 12.5 Å². The van der Waals surface area contributed by atoms with Gasteiger partial charge in [0.05, 0.1) is 4.90 Å². The number of rotatable bonds is 3. The molecule has 31 heavy (non-hydrogen) atoms. The number of sulfonamides is 1. The molecule has 1 saturated heterocycles. The van der Waals surface area contributed by atoms with Gasteiger partial charge in [-0.1, -0.05) is 17.7 Å². The van der Waals surface area contributed by atoms with Crippen LogP contribution >= 0.6 is 15.9 Å². The minimum Gasteiger partial charge on any atom is -0.366 e. The van der Waals surface area contributed by atoms with Gasteiger partial charge in [-0.2, -0.15) is 4.31 Å². The fourth-order valence-electron chi connectivity index (χ4n) is 4.70. The molecule has 2 heterocycles. The summed E-state index contributed by atoms with van der Waals surface area (Å²) in [5.74, 6) is -0.0720. The lowest BCUT2D eigenvalue weighted by molar-refractivity contribution is -0.116. The number of fused-ring (bicyclic) bond motifs is 1. The topological polar surface area (TPSA) is 60.9 Å². The first kappa shape index (κ1) is 22.3. The van der Waals surface area contributed by atoms with Crippen molar-refractivity contribution < 1.29 is 13.2 Å². The zero-order valence-electron chi connectivity index (χ0n) is 18.3. The third kappa shape index (κ3) is 4.01. The highest BCUT2D eigenvalue weighted by Gasteiger charge is 2.36. The minimum atomic E-state index is -3.70. The summed E-state index contributed by atoms with van der Waals surface area (Å²) in [6.45, 7) is 9.06. The number of hydrogen-bond acceptors (Lipinski definition) is 4. The van der Waals surface area contributed by atoms with Crippen molar-refractivity contribution in [2.24, 2.45) is 0 Å². The number of nitrogens with zero attached hydrogens (tertiary/aromatic N) is 3. The van der Waals surface area contributed by atoms with Crippen molar-refractivity contribution in [3.05, 3.63) is 52.0 Å². The molecule has 1 amide bonds. The Hall–Kier alpha value is -1.90. The van der Waals surface area contributed by atoms with Crippen LogP contribution in [0.15, 0.2) is 45.8 Å². The highest BCUT2D eigenvalue weighted by molar-refractivity contribution is 9.10. The molecule has 0 saturated carbocycles. The Morgan fingerprint density at radius 1 is 1.06 bits per heavy atom. The van der Waals surface area contributed by atoms with Crippen LogP contribution in [0.5, 0.6) is 0 Å². The number of carbonyl (C=O) groups excluding carboxylic acids is 1. The highest BCUT2D eigenvalue weighted by atomic mass is 79.9. The molecule has 1 fully saturated rings. The lowest BCUT2D eigenvalue weighted by Crippen LogP contribution is -2.53. The molecule has 2 atom stereocenters. The van der Waals surface area contributed by atoms with Crippen molar-refractivity contribution in [1.82, 2.24) is 4.31 Å². The van der Waals surface area contributed by atoms with Crippen molar-refractivity contribution >= 4 is 43.2 Å². The average molecular weight is 506 g/mol. The molecule has 0 bridgehead atoms. The SMILES string of the molecule is CC(=O)N1c2cc(S(=O)(=O)N3CCN(c4ccc(C)cc4)[C@H](C)C3)c(Br)cc2C[C@H]1C. The van der Waals surface area contributed by atoms with E-state index in [0.717, 1.165) is 17.7 Å². The first-order valence-electron chi connectivity index (χ1n) is 10.5. The molecule has 4 rings (SSSR count). The number of anilines is 2. The summed E-state index contributed by atoms with van der Waals surface area (Å²) in [6, 6.07) is 11.9. The number of benzene rings is 2. The van der Waals surface area contributed by atoms with Gasteiger partial charge >= 0.3 is 0 Å². The summed E-state index contributed by atoms with van der Waals surface area (Å²) in [7, 11) is -3.70. The maximum atomic E-state index is 13.6. The van der Waals surface area contributed by atoms with Gasteiger partial charge in [-0.15, -0.1) is 0 Å². The molecule has 0 spiro atoms. The van der Waals surface area contributed by atoms with E-state index in [0.29, 0.717) is 29.8 Å².